The first-order chi connectivity index (χ1) is 12.4. The van der Waals surface area contributed by atoms with Gasteiger partial charge >= 0.3 is 0 Å². The molecule has 0 atom stereocenters. The van der Waals surface area contributed by atoms with Crippen LogP contribution in [0.15, 0.2) is 70.0 Å². The highest BCUT2D eigenvalue weighted by Crippen LogP contribution is 2.38. The van der Waals surface area contributed by atoms with E-state index < -0.39 is 10.0 Å². The van der Waals surface area contributed by atoms with Gasteiger partial charge in [-0.15, -0.1) is 0 Å². The van der Waals surface area contributed by atoms with Gasteiger partial charge in [-0.3, -0.25) is 0 Å². The van der Waals surface area contributed by atoms with Crippen LogP contribution >= 0.6 is 22.6 Å². The van der Waals surface area contributed by atoms with Crippen molar-refractivity contribution in [3.8, 4) is 0 Å². The molecule has 0 N–H and O–H groups in total. The third kappa shape index (κ3) is 2.68. The first kappa shape index (κ1) is 17.4. The number of sulfonamides is 1. The van der Waals surface area contributed by atoms with E-state index in [1.165, 1.54) is 11.4 Å². The normalized spacial score (nSPS) is 12.0. The maximum atomic E-state index is 13.0. The molecule has 6 heteroatoms. The van der Waals surface area contributed by atoms with Crippen LogP contribution in [0, 0.1) is 10.5 Å². The second kappa shape index (κ2) is 6.28. The van der Waals surface area contributed by atoms with Crippen molar-refractivity contribution in [2.45, 2.75) is 11.8 Å². The topological polar surface area (TPSA) is 50.5 Å². The highest BCUT2D eigenvalue weighted by Gasteiger charge is 2.27. The third-order valence-corrected chi connectivity index (χ3v) is 7.27. The molecule has 0 fully saturated rings. The standard InChI is InChI=1S/C20H16INO3S/c1-13-7-10-15(11-8-13)26(23,24)22(2)20-18(21)17-12-9-14-5-3-4-6-16(14)19(17)25-20/h3-12H,1-2H3. The zero-order valence-corrected chi connectivity index (χ0v) is 17.2. The average molecular weight is 477 g/mol. The molecule has 0 unspecified atom stereocenters. The smallest absolute Gasteiger partial charge is 0.266 e. The molecule has 4 rings (SSSR count). The van der Waals surface area contributed by atoms with Crippen LogP contribution in [0.25, 0.3) is 21.7 Å². The maximum Gasteiger partial charge on any atom is 0.266 e. The van der Waals surface area contributed by atoms with Gasteiger partial charge in [-0.05, 0) is 53.1 Å². The Bertz CT molecular complexity index is 1230. The van der Waals surface area contributed by atoms with E-state index in [1.54, 1.807) is 24.3 Å². The molecule has 4 nitrogen and oxygen atoms in total. The van der Waals surface area contributed by atoms with Crippen molar-refractivity contribution in [2.24, 2.45) is 0 Å². The first-order valence-corrected chi connectivity index (χ1v) is 10.6. The minimum absolute atomic E-state index is 0.242. The Morgan fingerprint density at radius 2 is 1.62 bits per heavy atom. The van der Waals surface area contributed by atoms with Gasteiger partial charge in [0, 0.05) is 17.8 Å². The second-order valence-electron chi connectivity index (χ2n) is 6.17. The number of nitrogens with zero attached hydrogens (tertiary/aromatic N) is 1. The highest BCUT2D eigenvalue weighted by atomic mass is 127. The van der Waals surface area contributed by atoms with Crippen molar-refractivity contribution in [3.63, 3.8) is 0 Å². The van der Waals surface area contributed by atoms with Gasteiger partial charge in [0.25, 0.3) is 10.0 Å². The summed E-state index contributed by atoms with van der Waals surface area (Å²) in [6.07, 6.45) is 0. The molecule has 0 radical (unpaired) electrons. The molecule has 0 aliphatic heterocycles. The molecule has 1 aromatic heterocycles. The van der Waals surface area contributed by atoms with E-state index in [2.05, 4.69) is 22.6 Å². The van der Waals surface area contributed by atoms with Gasteiger partial charge < -0.3 is 4.42 Å². The highest BCUT2D eigenvalue weighted by molar-refractivity contribution is 14.1. The Hall–Kier alpha value is -2.06. The van der Waals surface area contributed by atoms with Crippen molar-refractivity contribution >= 4 is 60.2 Å². The fourth-order valence-corrected chi connectivity index (χ4v) is 5.17. The average Bonchev–Trinajstić information content (AvgIpc) is 2.98. The molecule has 0 amide bonds. The Balaban J connectivity index is 1.89. The predicted octanol–water partition coefficient (Wildman–Crippen LogP) is 5.32. The summed E-state index contributed by atoms with van der Waals surface area (Å²) >= 11 is 2.15. The quantitative estimate of drug-likeness (QED) is 0.375. The van der Waals surface area contributed by atoms with Crippen molar-refractivity contribution in [1.82, 2.24) is 0 Å². The number of benzene rings is 3. The summed E-state index contributed by atoms with van der Waals surface area (Å²) < 4.78 is 34.0. The lowest BCUT2D eigenvalue weighted by atomic mass is 10.1. The minimum Gasteiger partial charge on any atom is -0.438 e. The van der Waals surface area contributed by atoms with Gasteiger partial charge in [-0.1, -0.05) is 48.0 Å². The van der Waals surface area contributed by atoms with Crippen molar-refractivity contribution < 1.29 is 12.8 Å². The molecule has 0 aliphatic carbocycles. The van der Waals surface area contributed by atoms with Crippen LogP contribution in [0.3, 0.4) is 0 Å². The maximum absolute atomic E-state index is 13.0. The first-order valence-electron chi connectivity index (χ1n) is 8.05. The van der Waals surface area contributed by atoms with E-state index in [0.717, 1.165) is 25.3 Å². The largest absolute Gasteiger partial charge is 0.438 e. The van der Waals surface area contributed by atoms with E-state index in [-0.39, 0.29) is 4.90 Å². The van der Waals surface area contributed by atoms with Gasteiger partial charge in [0.05, 0.1) is 8.47 Å². The Morgan fingerprint density at radius 3 is 2.35 bits per heavy atom. The molecule has 0 bridgehead atoms. The number of aryl methyl sites for hydroxylation is 1. The molecule has 26 heavy (non-hydrogen) atoms. The minimum atomic E-state index is -3.70. The summed E-state index contributed by atoms with van der Waals surface area (Å²) in [7, 11) is -2.17. The second-order valence-corrected chi connectivity index (χ2v) is 9.22. The number of halogens is 1. The van der Waals surface area contributed by atoms with Crippen LogP contribution in [-0.4, -0.2) is 15.5 Å². The van der Waals surface area contributed by atoms with E-state index in [0.29, 0.717) is 11.5 Å². The molecule has 0 aliphatic rings. The number of furan rings is 1. The molecule has 132 valence electrons. The molecule has 4 aromatic rings. The lowest BCUT2D eigenvalue weighted by Gasteiger charge is -2.17. The number of hydrogen-bond donors (Lipinski definition) is 0. The lowest BCUT2D eigenvalue weighted by Crippen LogP contribution is -2.26. The monoisotopic (exact) mass is 477 g/mol. The van der Waals surface area contributed by atoms with E-state index in [4.69, 9.17) is 4.42 Å². The van der Waals surface area contributed by atoms with E-state index >= 15 is 0 Å². The van der Waals surface area contributed by atoms with Crippen molar-refractivity contribution in [1.29, 1.82) is 0 Å². The summed E-state index contributed by atoms with van der Waals surface area (Å²) in [6, 6.07) is 18.7. The summed E-state index contributed by atoms with van der Waals surface area (Å²) in [5.41, 5.74) is 1.71. The Morgan fingerprint density at radius 1 is 0.923 bits per heavy atom. The van der Waals surface area contributed by atoms with Gasteiger partial charge in [-0.2, -0.15) is 0 Å². The fourth-order valence-electron chi connectivity index (χ4n) is 2.96. The van der Waals surface area contributed by atoms with Crippen LogP contribution in [0.5, 0.6) is 0 Å². The van der Waals surface area contributed by atoms with Gasteiger partial charge in [0.2, 0.25) is 5.88 Å². The number of hydrogen-bond acceptors (Lipinski definition) is 3. The van der Waals surface area contributed by atoms with Gasteiger partial charge in [0.1, 0.15) is 5.58 Å². The van der Waals surface area contributed by atoms with Crippen molar-refractivity contribution in [2.75, 3.05) is 11.4 Å². The molecule has 0 spiro atoms. The zero-order chi connectivity index (χ0) is 18.5. The molecular formula is C20H16INO3S. The van der Waals surface area contributed by atoms with E-state index in [1.807, 2.05) is 43.3 Å². The van der Waals surface area contributed by atoms with Crippen LogP contribution in [0.4, 0.5) is 5.88 Å². The third-order valence-electron chi connectivity index (χ3n) is 4.47. The SMILES string of the molecule is Cc1ccc(S(=O)(=O)N(C)c2oc3c(ccc4ccccc43)c2I)cc1. The zero-order valence-electron chi connectivity index (χ0n) is 14.2. The molecule has 1 heterocycles. The van der Waals surface area contributed by atoms with Crippen LogP contribution in [0.1, 0.15) is 5.56 Å². The number of anilines is 1. The number of fused-ring (bicyclic) bond motifs is 3. The summed E-state index contributed by atoms with van der Waals surface area (Å²) in [4.78, 5) is 0.242. The number of rotatable bonds is 3. The van der Waals surface area contributed by atoms with Gasteiger partial charge in [0.15, 0.2) is 0 Å². The molecule has 0 saturated heterocycles. The van der Waals surface area contributed by atoms with Gasteiger partial charge in [-0.25, -0.2) is 12.7 Å². The lowest BCUT2D eigenvalue weighted by molar-refractivity contribution is 0.579. The fraction of sp³-hybridized carbons (Fsp3) is 0.100. The molecule has 3 aromatic carbocycles. The van der Waals surface area contributed by atoms with Crippen molar-refractivity contribution in [3.05, 3.63) is 69.8 Å². The van der Waals surface area contributed by atoms with Crippen LogP contribution in [-0.2, 0) is 10.0 Å². The molecule has 0 saturated carbocycles. The van der Waals surface area contributed by atoms with E-state index in [9.17, 15) is 8.42 Å². The Labute approximate surface area is 165 Å². The Kier molecular flexibility index (Phi) is 4.19. The summed E-state index contributed by atoms with van der Waals surface area (Å²) in [5.74, 6) is 0.331. The van der Waals surface area contributed by atoms with Crippen LogP contribution in [0.2, 0.25) is 0 Å². The summed E-state index contributed by atoms with van der Waals surface area (Å²) in [5, 5.41) is 2.93. The summed E-state index contributed by atoms with van der Waals surface area (Å²) in [6.45, 7) is 1.92. The predicted molar refractivity (Wildman–Crippen MR) is 113 cm³/mol. The molecular weight excluding hydrogens is 461 g/mol. The van der Waals surface area contributed by atoms with Crippen LogP contribution < -0.4 is 4.31 Å².